The molecule has 11 heteroatoms. The van der Waals surface area contributed by atoms with Crippen LogP contribution in [0.3, 0.4) is 0 Å². The standard InChI is InChI=1S/C58H111NO10/c1-3-5-7-9-11-13-15-16-17-18-19-20-21-22-23-24-25-26-27-28-29-30-31-32-33-34-35-36-38-39-41-43-45-50(61)53(63)49(48-68-58-56(66)55(65)54(64)52(47-60)69-58)59-57(67)51(62)46-44-42-40-37-14-12-10-8-6-4-2/h33-34,38-39,49-56,58,60-66H,3-32,35-37,40-48H2,1-2H3,(H,59,67)/b34-33+,39-38+. The largest absolute Gasteiger partial charge is 0.394 e. The second kappa shape index (κ2) is 47.6. The van der Waals surface area contributed by atoms with Gasteiger partial charge in [0.15, 0.2) is 6.29 Å². The van der Waals surface area contributed by atoms with E-state index < -0.39 is 74.2 Å². The van der Waals surface area contributed by atoms with Crippen molar-refractivity contribution in [2.24, 2.45) is 0 Å². The molecule has 8 N–H and O–H groups in total. The van der Waals surface area contributed by atoms with Crippen LogP contribution in [0.2, 0.25) is 0 Å². The van der Waals surface area contributed by atoms with Crippen LogP contribution in [0.15, 0.2) is 24.3 Å². The van der Waals surface area contributed by atoms with E-state index >= 15 is 0 Å². The Morgan fingerprint density at radius 2 is 0.870 bits per heavy atom. The van der Waals surface area contributed by atoms with Crippen LogP contribution in [-0.2, 0) is 14.3 Å². The quantitative estimate of drug-likeness (QED) is 0.0215. The molecular formula is C58H111NO10. The highest BCUT2D eigenvalue weighted by Crippen LogP contribution is 2.23. The average molecular weight is 983 g/mol. The molecule has 69 heavy (non-hydrogen) atoms. The first-order chi connectivity index (χ1) is 33.7. The molecule has 408 valence electrons. The Labute approximate surface area is 423 Å². The molecule has 9 unspecified atom stereocenters. The van der Waals surface area contributed by atoms with E-state index in [1.807, 2.05) is 0 Å². The van der Waals surface area contributed by atoms with Gasteiger partial charge in [-0.2, -0.15) is 0 Å². The summed E-state index contributed by atoms with van der Waals surface area (Å²) in [7, 11) is 0. The number of nitrogens with one attached hydrogen (secondary N) is 1. The Morgan fingerprint density at radius 3 is 1.29 bits per heavy atom. The number of carbonyl (C=O) groups is 1. The first-order valence-electron chi connectivity index (χ1n) is 29.2. The molecule has 1 saturated heterocycles. The molecule has 0 aromatic heterocycles. The van der Waals surface area contributed by atoms with Gasteiger partial charge in [-0.3, -0.25) is 4.79 Å². The van der Waals surface area contributed by atoms with E-state index in [4.69, 9.17) is 9.47 Å². The monoisotopic (exact) mass is 982 g/mol. The van der Waals surface area contributed by atoms with Crippen LogP contribution in [0.1, 0.15) is 271 Å². The maximum atomic E-state index is 13.1. The molecule has 9 atom stereocenters. The van der Waals surface area contributed by atoms with Gasteiger partial charge in [0.05, 0.1) is 25.4 Å². The summed E-state index contributed by atoms with van der Waals surface area (Å²) >= 11 is 0. The zero-order valence-corrected chi connectivity index (χ0v) is 44.6. The van der Waals surface area contributed by atoms with Crippen LogP contribution in [0.4, 0.5) is 0 Å². The lowest BCUT2D eigenvalue weighted by atomic mass is 9.98. The Morgan fingerprint density at radius 1 is 0.493 bits per heavy atom. The number of allylic oxidation sites excluding steroid dienone is 4. The zero-order valence-electron chi connectivity index (χ0n) is 44.6. The Hall–Kier alpha value is -1.41. The van der Waals surface area contributed by atoms with Crippen LogP contribution in [0.5, 0.6) is 0 Å². The second-order valence-electron chi connectivity index (χ2n) is 20.7. The maximum absolute atomic E-state index is 13.1. The SMILES string of the molecule is CCCCCCCCCCCCCCCCCCCCCCCCC/C=C/CC/C=C/CCCC(O)C(O)C(COC1OC(CO)C(O)C(O)C1O)NC(=O)C(O)CCCCCCCCCCCC. The van der Waals surface area contributed by atoms with Crippen molar-refractivity contribution in [3.05, 3.63) is 24.3 Å². The Kier molecular flexibility index (Phi) is 45.2. The Balaban J connectivity index is 2.22. The van der Waals surface area contributed by atoms with Crippen molar-refractivity contribution in [2.75, 3.05) is 13.2 Å². The topological polar surface area (TPSA) is 189 Å². The maximum Gasteiger partial charge on any atom is 0.249 e. The number of aliphatic hydroxyl groups is 7. The van der Waals surface area contributed by atoms with Gasteiger partial charge in [-0.05, 0) is 51.4 Å². The van der Waals surface area contributed by atoms with Gasteiger partial charge in [-0.25, -0.2) is 0 Å². The Bertz CT molecular complexity index is 1170. The predicted molar refractivity (Wildman–Crippen MR) is 284 cm³/mol. The van der Waals surface area contributed by atoms with Crippen molar-refractivity contribution in [1.29, 1.82) is 0 Å². The van der Waals surface area contributed by atoms with Crippen molar-refractivity contribution < 1.29 is 50.0 Å². The number of rotatable bonds is 50. The lowest BCUT2D eigenvalue weighted by Gasteiger charge is -2.40. The molecule has 0 aliphatic carbocycles. The van der Waals surface area contributed by atoms with Crippen molar-refractivity contribution >= 4 is 5.91 Å². The normalized spacial score (nSPS) is 20.5. The second-order valence-corrected chi connectivity index (χ2v) is 20.7. The minimum atomic E-state index is -1.67. The van der Waals surface area contributed by atoms with Crippen molar-refractivity contribution in [2.45, 2.75) is 326 Å². The molecule has 1 rings (SSSR count). The molecule has 11 nitrogen and oxygen atoms in total. The number of aliphatic hydroxyl groups excluding tert-OH is 7. The van der Waals surface area contributed by atoms with Gasteiger partial charge in [0.25, 0.3) is 0 Å². The lowest BCUT2D eigenvalue weighted by molar-refractivity contribution is -0.303. The molecule has 0 aromatic carbocycles. The van der Waals surface area contributed by atoms with Gasteiger partial charge >= 0.3 is 0 Å². The molecule has 0 spiro atoms. The van der Waals surface area contributed by atoms with Gasteiger partial charge in [-0.15, -0.1) is 0 Å². The van der Waals surface area contributed by atoms with E-state index in [0.717, 1.165) is 38.5 Å². The van der Waals surface area contributed by atoms with E-state index in [9.17, 15) is 40.5 Å². The van der Waals surface area contributed by atoms with Gasteiger partial charge in [0.1, 0.15) is 36.6 Å². The van der Waals surface area contributed by atoms with Crippen LogP contribution in [0.25, 0.3) is 0 Å². The van der Waals surface area contributed by atoms with E-state index in [2.05, 4.69) is 43.5 Å². The molecule has 1 amide bonds. The number of amides is 1. The van der Waals surface area contributed by atoms with Crippen molar-refractivity contribution in [3.63, 3.8) is 0 Å². The van der Waals surface area contributed by atoms with Gasteiger partial charge in [0, 0.05) is 0 Å². The molecule has 1 aliphatic rings. The minimum absolute atomic E-state index is 0.249. The third-order valence-electron chi connectivity index (χ3n) is 14.2. The van der Waals surface area contributed by atoms with E-state index in [0.29, 0.717) is 19.3 Å². The summed E-state index contributed by atoms with van der Waals surface area (Å²) in [5.74, 6) is -0.710. The third-order valence-corrected chi connectivity index (χ3v) is 14.2. The first-order valence-corrected chi connectivity index (χ1v) is 29.2. The fourth-order valence-corrected chi connectivity index (χ4v) is 9.46. The number of hydrogen-bond donors (Lipinski definition) is 8. The first kappa shape index (κ1) is 65.6. The fourth-order valence-electron chi connectivity index (χ4n) is 9.46. The third kappa shape index (κ3) is 36.2. The fraction of sp³-hybridized carbons (Fsp3) is 0.914. The van der Waals surface area contributed by atoms with Crippen LogP contribution in [-0.4, -0.2) is 110 Å². The van der Waals surface area contributed by atoms with E-state index in [1.165, 1.54) is 186 Å². The molecule has 1 fully saturated rings. The molecule has 0 radical (unpaired) electrons. The van der Waals surface area contributed by atoms with Crippen LogP contribution in [0, 0.1) is 0 Å². The molecule has 0 bridgehead atoms. The summed E-state index contributed by atoms with van der Waals surface area (Å²) in [6.45, 7) is 3.42. The minimum Gasteiger partial charge on any atom is -0.394 e. The summed E-state index contributed by atoms with van der Waals surface area (Å²) in [5, 5.41) is 75.8. The van der Waals surface area contributed by atoms with Gasteiger partial charge in [0.2, 0.25) is 5.91 Å². The number of ether oxygens (including phenoxy) is 2. The van der Waals surface area contributed by atoms with Crippen LogP contribution >= 0.6 is 0 Å². The van der Waals surface area contributed by atoms with E-state index in [-0.39, 0.29) is 12.8 Å². The molecule has 1 heterocycles. The van der Waals surface area contributed by atoms with Gasteiger partial charge in [-0.1, -0.05) is 244 Å². The predicted octanol–water partition coefficient (Wildman–Crippen LogP) is 12.1. The summed E-state index contributed by atoms with van der Waals surface area (Å²) in [5.41, 5.74) is 0. The van der Waals surface area contributed by atoms with Crippen LogP contribution < -0.4 is 5.32 Å². The highest BCUT2D eigenvalue weighted by Gasteiger charge is 2.44. The lowest BCUT2D eigenvalue weighted by Crippen LogP contribution is -2.60. The number of carbonyl (C=O) groups excluding carboxylic acids is 1. The molecule has 1 aliphatic heterocycles. The number of hydrogen-bond acceptors (Lipinski definition) is 10. The summed E-state index contributed by atoms with van der Waals surface area (Å²) < 4.78 is 11.1. The van der Waals surface area contributed by atoms with Crippen molar-refractivity contribution in [3.8, 4) is 0 Å². The van der Waals surface area contributed by atoms with Gasteiger partial charge < -0.3 is 50.5 Å². The molecule has 0 saturated carbocycles. The van der Waals surface area contributed by atoms with Crippen molar-refractivity contribution in [1.82, 2.24) is 5.32 Å². The highest BCUT2D eigenvalue weighted by atomic mass is 16.7. The van der Waals surface area contributed by atoms with E-state index in [1.54, 1.807) is 0 Å². The summed E-state index contributed by atoms with van der Waals surface area (Å²) in [6, 6.07) is -1.19. The summed E-state index contributed by atoms with van der Waals surface area (Å²) in [6.07, 6.45) is 45.7. The smallest absolute Gasteiger partial charge is 0.249 e. The zero-order chi connectivity index (χ0) is 50.4. The average Bonchev–Trinajstić information content (AvgIpc) is 3.35. The molecular weight excluding hydrogens is 871 g/mol. The highest BCUT2D eigenvalue weighted by molar-refractivity contribution is 5.80. The molecule has 0 aromatic rings. The summed E-state index contributed by atoms with van der Waals surface area (Å²) in [4.78, 5) is 13.1. The number of unbranched alkanes of at least 4 members (excludes halogenated alkanes) is 34.